The van der Waals surface area contributed by atoms with Gasteiger partial charge in [-0.2, -0.15) is 0 Å². The monoisotopic (exact) mass is 236 g/mol. The molecule has 2 unspecified atom stereocenters. The van der Waals surface area contributed by atoms with Gasteiger partial charge in [0.15, 0.2) is 0 Å². The van der Waals surface area contributed by atoms with E-state index in [1.165, 1.54) is 12.8 Å². The topological polar surface area (TPSA) is 52.0 Å². The van der Waals surface area contributed by atoms with Crippen LogP contribution in [-0.2, 0) is 18.3 Å². The van der Waals surface area contributed by atoms with Gasteiger partial charge in [-0.15, -0.1) is 10.2 Å². The van der Waals surface area contributed by atoms with Gasteiger partial charge < -0.3 is 14.6 Å². The van der Waals surface area contributed by atoms with Gasteiger partial charge in [0.05, 0.1) is 12.6 Å². The van der Waals surface area contributed by atoms with Crippen LogP contribution in [0, 0.1) is 12.8 Å². The van der Waals surface area contributed by atoms with E-state index in [-0.39, 0.29) is 0 Å². The van der Waals surface area contributed by atoms with Crippen molar-refractivity contribution in [2.45, 2.75) is 44.9 Å². The Balaban J connectivity index is 1.58. The zero-order valence-electron chi connectivity index (χ0n) is 10.5. The van der Waals surface area contributed by atoms with Crippen LogP contribution in [0.25, 0.3) is 0 Å². The number of rotatable bonds is 4. The summed E-state index contributed by atoms with van der Waals surface area (Å²) in [6.07, 6.45) is 4.24. The van der Waals surface area contributed by atoms with Crippen molar-refractivity contribution in [1.82, 2.24) is 20.1 Å². The molecule has 2 atom stereocenters. The molecule has 0 amide bonds. The lowest BCUT2D eigenvalue weighted by Crippen LogP contribution is -2.37. The van der Waals surface area contributed by atoms with E-state index in [1.54, 1.807) is 0 Å². The zero-order chi connectivity index (χ0) is 11.8. The molecule has 0 spiro atoms. The minimum absolute atomic E-state index is 0.435. The van der Waals surface area contributed by atoms with E-state index in [2.05, 4.69) is 15.5 Å². The van der Waals surface area contributed by atoms with Gasteiger partial charge in [-0.3, -0.25) is 0 Å². The lowest BCUT2D eigenvalue weighted by molar-refractivity contribution is 0.0807. The number of hydrogen-bond acceptors (Lipinski definition) is 4. The molecule has 2 heterocycles. The Morgan fingerprint density at radius 3 is 2.82 bits per heavy atom. The fourth-order valence-electron chi connectivity index (χ4n) is 2.55. The molecular weight excluding hydrogens is 216 g/mol. The van der Waals surface area contributed by atoms with Gasteiger partial charge in [0.2, 0.25) is 0 Å². The van der Waals surface area contributed by atoms with E-state index >= 15 is 0 Å². The number of nitrogens with zero attached hydrogens (tertiary/aromatic N) is 3. The quantitative estimate of drug-likeness (QED) is 0.839. The minimum Gasteiger partial charge on any atom is -0.376 e. The first-order valence-electron chi connectivity index (χ1n) is 6.45. The van der Waals surface area contributed by atoms with Crippen molar-refractivity contribution in [2.75, 3.05) is 6.61 Å². The lowest BCUT2D eigenvalue weighted by Gasteiger charge is -2.19. The first-order valence-corrected chi connectivity index (χ1v) is 6.45. The van der Waals surface area contributed by atoms with Gasteiger partial charge in [0.25, 0.3) is 0 Å². The van der Waals surface area contributed by atoms with E-state index in [0.717, 1.165) is 37.1 Å². The molecule has 1 N–H and O–H groups in total. The first kappa shape index (κ1) is 11.2. The van der Waals surface area contributed by atoms with Crippen LogP contribution in [0.15, 0.2) is 0 Å². The molecular formula is C12H20N4O. The van der Waals surface area contributed by atoms with Crippen LogP contribution in [0.4, 0.5) is 0 Å². The number of aromatic nitrogens is 3. The maximum absolute atomic E-state index is 5.81. The summed E-state index contributed by atoms with van der Waals surface area (Å²) in [5.74, 6) is 2.77. The Labute approximate surface area is 102 Å². The van der Waals surface area contributed by atoms with Gasteiger partial charge in [-0.1, -0.05) is 0 Å². The van der Waals surface area contributed by atoms with Crippen molar-refractivity contribution < 1.29 is 4.74 Å². The molecule has 2 aliphatic rings. The van der Waals surface area contributed by atoms with Gasteiger partial charge in [-0.05, 0) is 32.1 Å². The van der Waals surface area contributed by atoms with E-state index in [9.17, 15) is 0 Å². The molecule has 1 aliphatic heterocycles. The van der Waals surface area contributed by atoms with Crippen LogP contribution < -0.4 is 5.32 Å². The largest absolute Gasteiger partial charge is 0.376 e. The smallest absolute Gasteiger partial charge is 0.146 e. The Bertz CT molecular complexity index is 399. The second-order valence-corrected chi connectivity index (χ2v) is 5.17. The summed E-state index contributed by atoms with van der Waals surface area (Å²) in [5, 5.41) is 11.8. The molecule has 1 aromatic rings. The summed E-state index contributed by atoms with van der Waals surface area (Å²) in [7, 11) is 2.01. The molecule has 3 rings (SSSR count). The predicted octanol–water partition coefficient (Wildman–Crippen LogP) is 0.781. The maximum Gasteiger partial charge on any atom is 0.146 e. The number of hydrogen-bond donors (Lipinski definition) is 1. The molecule has 94 valence electrons. The van der Waals surface area contributed by atoms with Crippen molar-refractivity contribution in [3.63, 3.8) is 0 Å². The van der Waals surface area contributed by atoms with Crippen molar-refractivity contribution >= 4 is 0 Å². The highest BCUT2D eigenvalue weighted by atomic mass is 16.5. The second-order valence-electron chi connectivity index (χ2n) is 5.17. The summed E-state index contributed by atoms with van der Waals surface area (Å²) >= 11 is 0. The predicted molar refractivity (Wildman–Crippen MR) is 63.4 cm³/mol. The van der Waals surface area contributed by atoms with Gasteiger partial charge in [-0.25, -0.2) is 0 Å². The molecule has 17 heavy (non-hydrogen) atoms. The van der Waals surface area contributed by atoms with Crippen molar-refractivity contribution in [3.8, 4) is 0 Å². The van der Waals surface area contributed by atoms with Crippen molar-refractivity contribution in [1.29, 1.82) is 0 Å². The molecule has 1 saturated heterocycles. The maximum atomic E-state index is 5.81. The average Bonchev–Trinajstić information content (AvgIpc) is 2.99. The highest BCUT2D eigenvalue weighted by Crippen LogP contribution is 2.38. The molecule has 0 aromatic carbocycles. The van der Waals surface area contributed by atoms with Gasteiger partial charge in [0, 0.05) is 19.7 Å². The molecule has 2 fully saturated rings. The summed E-state index contributed by atoms with van der Waals surface area (Å²) in [6, 6.07) is 0.500. The number of nitrogens with one attached hydrogen (secondary N) is 1. The summed E-state index contributed by atoms with van der Waals surface area (Å²) in [5.41, 5.74) is 0. The van der Waals surface area contributed by atoms with E-state index in [0.29, 0.717) is 12.1 Å². The standard InChI is InChI=1S/C12H20N4O/c1-8-14-15-11(16(8)2)7-13-10-5-6-17-12(10)9-3-4-9/h9-10,12-13H,3-7H2,1-2H3. The SMILES string of the molecule is Cc1nnc(CNC2CCOC2C2CC2)n1C. The molecule has 5 nitrogen and oxygen atoms in total. The van der Waals surface area contributed by atoms with E-state index in [1.807, 2.05) is 18.5 Å². The van der Waals surface area contributed by atoms with Crippen LogP contribution in [0.5, 0.6) is 0 Å². The molecule has 0 radical (unpaired) electrons. The molecule has 1 aromatic heterocycles. The molecule has 1 aliphatic carbocycles. The highest BCUT2D eigenvalue weighted by Gasteiger charge is 2.40. The van der Waals surface area contributed by atoms with Crippen LogP contribution in [0.2, 0.25) is 0 Å². The van der Waals surface area contributed by atoms with Crippen LogP contribution in [0.3, 0.4) is 0 Å². The minimum atomic E-state index is 0.435. The van der Waals surface area contributed by atoms with Crippen molar-refractivity contribution in [2.24, 2.45) is 13.0 Å². The Kier molecular flexibility index (Phi) is 2.88. The van der Waals surface area contributed by atoms with Crippen molar-refractivity contribution in [3.05, 3.63) is 11.6 Å². The van der Waals surface area contributed by atoms with Gasteiger partial charge >= 0.3 is 0 Å². The van der Waals surface area contributed by atoms with Crippen LogP contribution in [-0.4, -0.2) is 33.5 Å². The van der Waals surface area contributed by atoms with Gasteiger partial charge in [0.1, 0.15) is 11.6 Å². The fourth-order valence-corrected chi connectivity index (χ4v) is 2.55. The van der Waals surface area contributed by atoms with Crippen LogP contribution in [0.1, 0.15) is 30.9 Å². The third-order valence-electron chi connectivity index (χ3n) is 3.93. The highest BCUT2D eigenvalue weighted by molar-refractivity contribution is 4.96. The van der Waals surface area contributed by atoms with Crippen LogP contribution >= 0.6 is 0 Å². The van der Waals surface area contributed by atoms with E-state index < -0.39 is 0 Å². The Hall–Kier alpha value is -0.940. The summed E-state index contributed by atoms with van der Waals surface area (Å²) < 4.78 is 7.84. The third-order valence-corrected chi connectivity index (χ3v) is 3.93. The molecule has 5 heteroatoms. The Morgan fingerprint density at radius 2 is 2.18 bits per heavy atom. The molecule has 1 saturated carbocycles. The fraction of sp³-hybridized carbons (Fsp3) is 0.833. The molecule has 0 bridgehead atoms. The normalized spacial score (nSPS) is 28.8. The lowest BCUT2D eigenvalue weighted by atomic mass is 10.1. The average molecular weight is 236 g/mol. The number of ether oxygens (including phenoxy) is 1. The summed E-state index contributed by atoms with van der Waals surface area (Å²) in [4.78, 5) is 0. The summed E-state index contributed by atoms with van der Waals surface area (Å²) in [6.45, 7) is 3.66. The zero-order valence-corrected chi connectivity index (χ0v) is 10.5. The second kappa shape index (κ2) is 4.38. The third kappa shape index (κ3) is 2.21. The Morgan fingerprint density at radius 1 is 1.35 bits per heavy atom. The van der Waals surface area contributed by atoms with E-state index in [4.69, 9.17) is 4.74 Å². The first-order chi connectivity index (χ1) is 8.25. The number of aryl methyl sites for hydroxylation is 1.